The highest BCUT2D eigenvalue weighted by molar-refractivity contribution is 5.83. The van der Waals surface area contributed by atoms with Crippen LogP contribution >= 0.6 is 0 Å². The fourth-order valence-corrected chi connectivity index (χ4v) is 0.966. The van der Waals surface area contributed by atoms with Crippen LogP contribution in [0.5, 0.6) is 0 Å². The van der Waals surface area contributed by atoms with Gasteiger partial charge in [0, 0.05) is 26.5 Å². The first-order valence-electron chi connectivity index (χ1n) is 3.81. The van der Waals surface area contributed by atoms with Crippen LogP contribution in [0.1, 0.15) is 11.1 Å². The zero-order valence-corrected chi connectivity index (χ0v) is 7.36. The van der Waals surface area contributed by atoms with Crippen molar-refractivity contribution >= 4 is 12.4 Å². The van der Waals surface area contributed by atoms with Gasteiger partial charge < -0.3 is 0 Å². The average molecular weight is 160 g/mol. The molecule has 0 N–H and O–H groups in total. The quantitative estimate of drug-likeness (QED) is 0.589. The van der Waals surface area contributed by atoms with Crippen LogP contribution in [0.4, 0.5) is 0 Å². The number of rotatable bonds is 2. The topological polar surface area (TPSA) is 24.7 Å². The molecule has 12 heavy (non-hydrogen) atoms. The van der Waals surface area contributed by atoms with Crippen molar-refractivity contribution in [2.24, 2.45) is 9.98 Å². The smallest absolute Gasteiger partial charge is 0.0281 e. The molecule has 0 unspecified atom stereocenters. The molecule has 0 saturated heterocycles. The Kier molecular flexibility index (Phi) is 3.20. The molecule has 0 amide bonds. The van der Waals surface area contributed by atoms with E-state index >= 15 is 0 Å². The zero-order chi connectivity index (χ0) is 8.81. The predicted octanol–water partition coefficient (Wildman–Crippen LogP) is 1.78. The number of hydrogen-bond acceptors (Lipinski definition) is 2. The van der Waals surface area contributed by atoms with Crippen molar-refractivity contribution in [2.45, 2.75) is 0 Å². The maximum absolute atomic E-state index is 3.92. The lowest BCUT2D eigenvalue weighted by Crippen LogP contribution is -1.83. The van der Waals surface area contributed by atoms with Crippen molar-refractivity contribution in [3.05, 3.63) is 35.4 Å². The van der Waals surface area contributed by atoms with Gasteiger partial charge in [0.1, 0.15) is 0 Å². The van der Waals surface area contributed by atoms with Crippen LogP contribution in [0.15, 0.2) is 34.3 Å². The summed E-state index contributed by atoms with van der Waals surface area (Å²) in [7, 11) is 3.53. The molecule has 1 rings (SSSR count). The molecule has 0 atom stereocenters. The summed E-state index contributed by atoms with van der Waals surface area (Å²) in [4.78, 5) is 7.85. The summed E-state index contributed by atoms with van der Waals surface area (Å²) in [5.74, 6) is 0. The number of benzene rings is 1. The molecular weight excluding hydrogens is 148 g/mol. The molecule has 0 aromatic heterocycles. The summed E-state index contributed by atoms with van der Waals surface area (Å²) in [6.07, 6.45) is 3.65. The van der Waals surface area contributed by atoms with Crippen LogP contribution in [0, 0.1) is 0 Å². The van der Waals surface area contributed by atoms with E-state index in [1.54, 1.807) is 14.1 Å². The maximum atomic E-state index is 3.92. The van der Waals surface area contributed by atoms with E-state index < -0.39 is 0 Å². The molecule has 1 aromatic carbocycles. The lowest BCUT2D eigenvalue weighted by Gasteiger charge is -1.93. The monoisotopic (exact) mass is 160 g/mol. The van der Waals surface area contributed by atoms with Gasteiger partial charge in [-0.15, -0.1) is 0 Å². The van der Waals surface area contributed by atoms with E-state index in [1.807, 2.05) is 36.7 Å². The fraction of sp³-hybridized carbons (Fsp3) is 0.200. The first-order valence-corrected chi connectivity index (χ1v) is 3.81. The summed E-state index contributed by atoms with van der Waals surface area (Å²) in [6.45, 7) is 0. The van der Waals surface area contributed by atoms with Crippen LogP contribution in [0.25, 0.3) is 0 Å². The largest absolute Gasteiger partial charge is 0.296 e. The summed E-state index contributed by atoms with van der Waals surface area (Å²) >= 11 is 0. The SMILES string of the molecule is C/N=C/c1ccc(/C=N/C)cc1. The molecule has 0 spiro atoms. The molecule has 0 radical (unpaired) electrons. The molecule has 2 heteroatoms. The molecule has 0 aliphatic rings. The third kappa shape index (κ3) is 2.31. The first kappa shape index (κ1) is 8.65. The van der Waals surface area contributed by atoms with Gasteiger partial charge in [0.05, 0.1) is 0 Å². The highest BCUT2D eigenvalue weighted by Gasteiger charge is 1.87. The van der Waals surface area contributed by atoms with Crippen LogP contribution in [-0.2, 0) is 0 Å². The molecule has 62 valence electrons. The van der Waals surface area contributed by atoms with Crippen molar-refractivity contribution in [3.63, 3.8) is 0 Å². The predicted molar refractivity (Wildman–Crippen MR) is 53.5 cm³/mol. The number of nitrogens with zero attached hydrogens (tertiary/aromatic N) is 2. The molecule has 0 fully saturated rings. The van der Waals surface area contributed by atoms with Gasteiger partial charge in [-0.05, 0) is 11.1 Å². The molecule has 0 heterocycles. The zero-order valence-electron chi connectivity index (χ0n) is 7.36. The minimum Gasteiger partial charge on any atom is -0.296 e. The lowest BCUT2D eigenvalue weighted by atomic mass is 10.2. The Bertz CT molecular complexity index is 252. The highest BCUT2D eigenvalue weighted by atomic mass is 14.6. The van der Waals surface area contributed by atoms with Crippen LogP contribution in [0.3, 0.4) is 0 Å². The molecule has 0 aliphatic heterocycles. The minimum absolute atomic E-state index is 1.12. The Morgan fingerprint density at radius 2 is 1.17 bits per heavy atom. The number of aliphatic imine (C=N–C) groups is 2. The van der Waals surface area contributed by atoms with E-state index in [-0.39, 0.29) is 0 Å². The molecule has 0 bridgehead atoms. The van der Waals surface area contributed by atoms with E-state index in [2.05, 4.69) is 9.98 Å². The van der Waals surface area contributed by atoms with Crippen LogP contribution < -0.4 is 0 Å². The van der Waals surface area contributed by atoms with Crippen molar-refractivity contribution in [3.8, 4) is 0 Å². The Labute approximate surface area is 72.7 Å². The molecular formula is C10H12N2. The fourth-order valence-electron chi connectivity index (χ4n) is 0.966. The summed E-state index contributed by atoms with van der Waals surface area (Å²) in [5.41, 5.74) is 2.23. The van der Waals surface area contributed by atoms with E-state index in [9.17, 15) is 0 Å². The normalized spacial score (nSPS) is 11.5. The molecule has 1 aromatic rings. The van der Waals surface area contributed by atoms with Crippen molar-refractivity contribution in [1.29, 1.82) is 0 Å². The molecule has 2 nitrogen and oxygen atoms in total. The van der Waals surface area contributed by atoms with Crippen molar-refractivity contribution < 1.29 is 0 Å². The Morgan fingerprint density at radius 3 is 1.42 bits per heavy atom. The van der Waals surface area contributed by atoms with Crippen molar-refractivity contribution in [1.82, 2.24) is 0 Å². The van der Waals surface area contributed by atoms with Gasteiger partial charge in [-0.1, -0.05) is 24.3 Å². The summed E-state index contributed by atoms with van der Waals surface area (Å²) in [6, 6.07) is 8.07. The van der Waals surface area contributed by atoms with Gasteiger partial charge in [0.2, 0.25) is 0 Å². The second-order valence-electron chi connectivity index (χ2n) is 2.44. The van der Waals surface area contributed by atoms with Gasteiger partial charge >= 0.3 is 0 Å². The standard InChI is InChI=1S/C10H12N2/c1-11-7-9-3-5-10(6-4-9)8-12-2/h3-8H,1-2H3/b11-7+,12-8+. The van der Waals surface area contributed by atoms with Crippen molar-refractivity contribution in [2.75, 3.05) is 14.1 Å². The van der Waals surface area contributed by atoms with Gasteiger partial charge in [0.25, 0.3) is 0 Å². The summed E-state index contributed by atoms with van der Waals surface area (Å²) in [5, 5.41) is 0. The summed E-state index contributed by atoms with van der Waals surface area (Å²) < 4.78 is 0. The van der Waals surface area contributed by atoms with Gasteiger partial charge in [-0.25, -0.2) is 0 Å². The Balaban J connectivity index is 2.85. The van der Waals surface area contributed by atoms with E-state index in [4.69, 9.17) is 0 Å². The minimum atomic E-state index is 1.12. The highest BCUT2D eigenvalue weighted by Crippen LogP contribution is 1.99. The van der Waals surface area contributed by atoms with Gasteiger partial charge in [-0.2, -0.15) is 0 Å². The lowest BCUT2D eigenvalue weighted by molar-refractivity contribution is 1.45. The Morgan fingerprint density at radius 1 is 0.833 bits per heavy atom. The van der Waals surface area contributed by atoms with Gasteiger partial charge in [0.15, 0.2) is 0 Å². The first-order chi connectivity index (χ1) is 5.86. The number of hydrogen-bond donors (Lipinski definition) is 0. The van der Waals surface area contributed by atoms with E-state index in [0.29, 0.717) is 0 Å². The Hall–Kier alpha value is -1.44. The second kappa shape index (κ2) is 4.44. The maximum Gasteiger partial charge on any atom is 0.0281 e. The third-order valence-electron chi connectivity index (χ3n) is 1.49. The van der Waals surface area contributed by atoms with Crippen LogP contribution in [0.2, 0.25) is 0 Å². The van der Waals surface area contributed by atoms with E-state index in [1.165, 1.54) is 0 Å². The molecule has 0 saturated carbocycles. The third-order valence-corrected chi connectivity index (χ3v) is 1.49. The molecule has 0 aliphatic carbocycles. The van der Waals surface area contributed by atoms with E-state index in [0.717, 1.165) is 11.1 Å². The van der Waals surface area contributed by atoms with Gasteiger partial charge in [-0.3, -0.25) is 9.98 Å². The average Bonchev–Trinajstić information content (AvgIpc) is 2.09. The second-order valence-corrected chi connectivity index (χ2v) is 2.44. The van der Waals surface area contributed by atoms with Crippen LogP contribution in [-0.4, -0.2) is 26.5 Å².